The third-order valence-corrected chi connectivity index (χ3v) is 7.13. The van der Waals surface area contributed by atoms with E-state index in [2.05, 4.69) is 15.5 Å². The van der Waals surface area contributed by atoms with E-state index in [4.69, 9.17) is 0 Å². The van der Waals surface area contributed by atoms with E-state index in [1.165, 1.54) is 25.7 Å². The van der Waals surface area contributed by atoms with Gasteiger partial charge in [-0.3, -0.25) is 9.59 Å². The molecule has 5 heteroatoms. The second-order valence-electron chi connectivity index (χ2n) is 8.88. The van der Waals surface area contributed by atoms with E-state index in [9.17, 15) is 9.59 Å². The predicted octanol–water partition coefficient (Wildman–Crippen LogP) is 1.92. The van der Waals surface area contributed by atoms with Crippen LogP contribution in [0.1, 0.15) is 57.8 Å². The van der Waals surface area contributed by atoms with E-state index in [1.54, 1.807) is 0 Å². The van der Waals surface area contributed by atoms with Gasteiger partial charge in [-0.05, 0) is 75.2 Å². The van der Waals surface area contributed by atoms with Gasteiger partial charge in [-0.15, -0.1) is 0 Å². The van der Waals surface area contributed by atoms with Gasteiger partial charge in [0.15, 0.2) is 0 Å². The van der Waals surface area contributed by atoms with Crippen molar-refractivity contribution in [3.8, 4) is 0 Å². The van der Waals surface area contributed by atoms with Crippen LogP contribution in [0.4, 0.5) is 0 Å². The van der Waals surface area contributed by atoms with Crippen molar-refractivity contribution in [2.75, 3.05) is 26.2 Å². The summed E-state index contributed by atoms with van der Waals surface area (Å²) < 4.78 is 0. The first kappa shape index (κ1) is 17.3. The van der Waals surface area contributed by atoms with E-state index in [0.717, 1.165) is 70.1 Å². The van der Waals surface area contributed by atoms with E-state index < -0.39 is 0 Å². The summed E-state index contributed by atoms with van der Waals surface area (Å²) in [5.74, 6) is 3.32. The predicted molar refractivity (Wildman–Crippen MR) is 96.9 cm³/mol. The van der Waals surface area contributed by atoms with Gasteiger partial charge in [-0.25, -0.2) is 0 Å². The van der Waals surface area contributed by atoms with Crippen LogP contribution in [-0.2, 0) is 9.59 Å². The molecule has 2 bridgehead atoms. The number of hydrogen-bond donors (Lipinski definition) is 2. The number of carbonyl (C=O) groups excluding carboxylic acids is 2. The van der Waals surface area contributed by atoms with Crippen molar-refractivity contribution in [2.24, 2.45) is 23.7 Å². The van der Waals surface area contributed by atoms with Crippen LogP contribution in [0.3, 0.4) is 0 Å². The van der Waals surface area contributed by atoms with Gasteiger partial charge in [0.2, 0.25) is 11.8 Å². The normalized spacial score (nSPS) is 37.4. The second-order valence-corrected chi connectivity index (χ2v) is 8.88. The molecule has 5 nitrogen and oxygen atoms in total. The van der Waals surface area contributed by atoms with Gasteiger partial charge in [-0.2, -0.15) is 0 Å². The molecule has 2 saturated heterocycles. The van der Waals surface area contributed by atoms with Gasteiger partial charge in [-0.1, -0.05) is 6.42 Å². The second kappa shape index (κ2) is 7.65. The Hall–Kier alpha value is -1.10. The minimum atomic E-state index is -0.000820. The van der Waals surface area contributed by atoms with Crippen molar-refractivity contribution in [2.45, 2.75) is 63.8 Å². The molecule has 2 aliphatic heterocycles. The zero-order valence-corrected chi connectivity index (χ0v) is 15.3. The highest BCUT2D eigenvalue weighted by atomic mass is 16.2. The molecule has 0 unspecified atom stereocenters. The smallest absolute Gasteiger partial charge is 0.237 e. The molecule has 0 radical (unpaired) electrons. The molecule has 2 aliphatic carbocycles. The quantitative estimate of drug-likeness (QED) is 0.799. The highest BCUT2D eigenvalue weighted by Gasteiger charge is 2.41. The maximum atomic E-state index is 12.8. The molecule has 0 spiro atoms. The van der Waals surface area contributed by atoms with Gasteiger partial charge in [0.25, 0.3) is 0 Å². The molecule has 2 N–H and O–H groups in total. The third kappa shape index (κ3) is 4.02. The van der Waals surface area contributed by atoms with Crippen LogP contribution < -0.4 is 10.6 Å². The standard InChI is InChI=1S/C20H33N3O2/c24-19(11-17-10-14-5-6-16(17)9-14)23-8-2-3-15(13-23)12-22-20(25)18-4-1-7-21-18/h14-18,21H,1-13H2,(H,22,25)/t14-,15-,16-,17-,18+/m0/s1. The van der Waals surface area contributed by atoms with Crippen LogP contribution in [0.15, 0.2) is 0 Å². The number of rotatable bonds is 5. The van der Waals surface area contributed by atoms with Crippen LogP contribution >= 0.6 is 0 Å². The minimum Gasteiger partial charge on any atom is -0.354 e. The van der Waals surface area contributed by atoms with Crippen molar-refractivity contribution in [3.63, 3.8) is 0 Å². The number of piperidine rings is 1. The van der Waals surface area contributed by atoms with E-state index in [-0.39, 0.29) is 11.9 Å². The van der Waals surface area contributed by atoms with Crippen LogP contribution in [0, 0.1) is 23.7 Å². The number of nitrogens with zero attached hydrogens (tertiary/aromatic N) is 1. The van der Waals surface area contributed by atoms with Gasteiger partial charge in [0.1, 0.15) is 0 Å². The lowest BCUT2D eigenvalue weighted by Crippen LogP contribution is -2.47. The lowest BCUT2D eigenvalue weighted by Gasteiger charge is -2.34. The molecule has 0 aromatic rings. The Morgan fingerprint density at radius 3 is 2.72 bits per heavy atom. The summed E-state index contributed by atoms with van der Waals surface area (Å²) in [6, 6.07) is -0.000820. The summed E-state index contributed by atoms with van der Waals surface area (Å²) in [5, 5.41) is 6.36. The van der Waals surface area contributed by atoms with Crippen LogP contribution in [0.25, 0.3) is 0 Å². The number of likely N-dealkylation sites (tertiary alicyclic amines) is 1. The average molecular weight is 348 g/mol. The van der Waals surface area contributed by atoms with Crippen LogP contribution in [0.5, 0.6) is 0 Å². The van der Waals surface area contributed by atoms with Crippen LogP contribution in [-0.4, -0.2) is 48.9 Å². The molecule has 4 rings (SSSR count). The SMILES string of the molecule is O=C(NC[C@@H]1CCCN(C(=O)C[C@@H]2C[C@H]3CC[C@H]2C3)C1)[C@H]1CCCN1. The van der Waals surface area contributed by atoms with Crippen molar-refractivity contribution >= 4 is 11.8 Å². The Morgan fingerprint density at radius 2 is 2.00 bits per heavy atom. The first-order chi connectivity index (χ1) is 12.2. The molecule has 0 aromatic heterocycles. The van der Waals surface area contributed by atoms with E-state index in [0.29, 0.717) is 17.7 Å². The Kier molecular flexibility index (Phi) is 5.30. The summed E-state index contributed by atoms with van der Waals surface area (Å²) in [6.45, 7) is 3.41. The maximum Gasteiger partial charge on any atom is 0.237 e. The van der Waals surface area contributed by atoms with Gasteiger partial charge in [0, 0.05) is 26.1 Å². The summed E-state index contributed by atoms with van der Waals surface area (Å²) in [5.41, 5.74) is 0. The lowest BCUT2D eigenvalue weighted by atomic mass is 9.86. The first-order valence-electron chi connectivity index (χ1n) is 10.5. The number of hydrogen-bond acceptors (Lipinski definition) is 3. The lowest BCUT2D eigenvalue weighted by molar-refractivity contribution is -0.134. The number of fused-ring (bicyclic) bond motifs is 2. The molecule has 0 aromatic carbocycles. The Morgan fingerprint density at radius 1 is 1.08 bits per heavy atom. The minimum absolute atomic E-state index is 0.000820. The fraction of sp³-hybridized carbons (Fsp3) is 0.900. The molecule has 2 saturated carbocycles. The Balaban J connectivity index is 1.21. The van der Waals surface area contributed by atoms with Crippen molar-refractivity contribution < 1.29 is 9.59 Å². The van der Waals surface area contributed by atoms with Crippen molar-refractivity contribution in [1.82, 2.24) is 15.5 Å². The summed E-state index contributed by atoms with van der Waals surface area (Å²) >= 11 is 0. The molecule has 140 valence electrons. The summed E-state index contributed by atoms with van der Waals surface area (Å²) in [6.07, 6.45) is 10.4. The van der Waals surface area contributed by atoms with Gasteiger partial charge in [0.05, 0.1) is 6.04 Å². The fourth-order valence-electron chi connectivity index (χ4n) is 5.71. The van der Waals surface area contributed by atoms with E-state index >= 15 is 0 Å². The number of nitrogens with one attached hydrogen (secondary N) is 2. The van der Waals surface area contributed by atoms with Crippen LogP contribution in [0.2, 0.25) is 0 Å². The molecule has 4 aliphatic rings. The maximum absolute atomic E-state index is 12.8. The number of carbonyl (C=O) groups is 2. The van der Waals surface area contributed by atoms with Gasteiger partial charge < -0.3 is 15.5 Å². The Bertz CT molecular complexity index is 503. The molecule has 25 heavy (non-hydrogen) atoms. The molecular weight excluding hydrogens is 314 g/mol. The molecule has 4 fully saturated rings. The highest BCUT2D eigenvalue weighted by Crippen LogP contribution is 2.49. The monoisotopic (exact) mass is 347 g/mol. The zero-order chi connectivity index (χ0) is 17.2. The molecule has 2 amide bonds. The molecule has 2 heterocycles. The van der Waals surface area contributed by atoms with E-state index in [1.807, 2.05) is 0 Å². The highest BCUT2D eigenvalue weighted by molar-refractivity contribution is 5.82. The molecule has 5 atom stereocenters. The van der Waals surface area contributed by atoms with Crippen molar-refractivity contribution in [1.29, 1.82) is 0 Å². The topological polar surface area (TPSA) is 61.4 Å². The Labute approximate surface area is 151 Å². The largest absolute Gasteiger partial charge is 0.354 e. The third-order valence-electron chi connectivity index (χ3n) is 7.13. The average Bonchev–Trinajstić information content (AvgIpc) is 3.37. The van der Waals surface area contributed by atoms with Crippen molar-refractivity contribution in [3.05, 3.63) is 0 Å². The van der Waals surface area contributed by atoms with Gasteiger partial charge >= 0.3 is 0 Å². The fourth-order valence-corrected chi connectivity index (χ4v) is 5.71. The summed E-state index contributed by atoms with van der Waals surface area (Å²) in [7, 11) is 0. The zero-order valence-electron chi connectivity index (χ0n) is 15.3. The number of amides is 2. The summed E-state index contributed by atoms with van der Waals surface area (Å²) in [4.78, 5) is 27.0. The first-order valence-corrected chi connectivity index (χ1v) is 10.5. The molecular formula is C20H33N3O2.